The van der Waals surface area contributed by atoms with E-state index in [1.165, 1.54) is 114 Å². The molecule has 4 aromatic carbocycles. The van der Waals surface area contributed by atoms with E-state index in [-0.39, 0.29) is 21.9 Å². The zero-order valence-electron chi connectivity index (χ0n) is 40.4. The van der Waals surface area contributed by atoms with E-state index >= 15 is 0 Å². The molecule has 0 bridgehead atoms. The van der Waals surface area contributed by atoms with Gasteiger partial charge in [-0.3, -0.25) is 0 Å². The Bertz CT molecular complexity index is 1870. The maximum absolute atomic E-state index is 13.3. The van der Waals surface area contributed by atoms with Crippen LogP contribution >= 0.6 is 14.1 Å². The number of benzene rings is 4. The van der Waals surface area contributed by atoms with Crippen molar-refractivity contribution in [1.82, 2.24) is 4.17 Å². The monoisotopic (exact) mass is 1010 g/mol. The molecule has 0 amide bonds. The molecule has 0 radical (unpaired) electrons. The van der Waals surface area contributed by atoms with Gasteiger partial charge in [0.2, 0.25) is 14.1 Å². The molecule has 0 aromatic heterocycles. The van der Waals surface area contributed by atoms with Crippen molar-refractivity contribution in [2.45, 2.75) is 143 Å². The van der Waals surface area contributed by atoms with E-state index in [4.69, 9.17) is 4.17 Å². The second kappa shape index (κ2) is 26.2. The van der Waals surface area contributed by atoms with E-state index in [2.05, 4.69) is 41.5 Å². The first-order valence-electron chi connectivity index (χ1n) is 24.2. The highest BCUT2D eigenvalue weighted by atomic mass is 31.2. The second-order valence-corrected chi connectivity index (χ2v) is 25.9. The zero-order chi connectivity index (χ0) is 50.9. The summed E-state index contributed by atoms with van der Waals surface area (Å²) in [7, 11) is -2.23. The molecule has 0 spiro atoms. The molecular formula is C52H70BF12NP2. The number of hydrogen-bond acceptors (Lipinski definition) is 0. The van der Waals surface area contributed by atoms with Gasteiger partial charge in [0.05, 0.1) is 22.3 Å². The fourth-order valence-electron chi connectivity index (χ4n) is 9.05. The highest BCUT2D eigenvalue weighted by molar-refractivity contribution is 7.73. The molecule has 0 saturated carbocycles. The van der Waals surface area contributed by atoms with Crippen LogP contribution in [0.25, 0.3) is 0 Å². The summed E-state index contributed by atoms with van der Waals surface area (Å²) in [6.07, 6.45) is 3.40. The summed E-state index contributed by atoms with van der Waals surface area (Å²) in [5.41, 5.74) is -4.29. The molecule has 68 heavy (non-hydrogen) atoms. The van der Waals surface area contributed by atoms with Gasteiger partial charge >= 0.3 is 24.7 Å². The second-order valence-electron chi connectivity index (χ2n) is 18.1. The Kier molecular flexibility index (Phi) is 22.7. The van der Waals surface area contributed by atoms with E-state index in [0.717, 1.165) is 48.5 Å². The lowest BCUT2D eigenvalue weighted by molar-refractivity contribution is -0.138. The molecule has 0 aliphatic carbocycles. The predicted molar refractivity (Wildman–Crippen MR) is 265 cm³/mol. The van der Waals surface area contributed by atoms with Crippen LogP contribution in [0.5, 0.6) is 0 Å². The minimum Gasteiger partial charge on any atom is -0.195 e. The third-order valence-electron chi connectivity index (χ3n) is 12.9. The van der Waals surface area contributed by atoms with Crippen LogP contribution in [-0.4, -0.2) is 43.1 Å². The first-order valence-corrected chi connectivity index (χ1v) is 28.8. The number of hydrogen-bond donors (Lipinski definition) is 0. The Labute approximate surface area is 397 Å². The molecule has 0 atom stereocenters. The van der Waals surface area contributed by atoms with E-state index in [1.807, 2.05) is 0 Å². The third-order valence-corrected chi connectivity index (χ3v) is 22.8. The van der Waals surface area contributed by atoms with Crippen LogP contribution in [0.15, 0.2) is 97.1 Å². The summed E-state index contributed by atoms with van der Waals surface area (Å²) in [5.74, 6) is 0. The standard InChI is InChI=1S/C28H16BF12.C24H54NP2/c30-25(31,32)17-1-9-21(10-2-17)29(22-11-3-18(4-12-22)26(33,34)35,23-13-5-19(6-14-23)27(36,37)38)24-15-7-20(8-16-24)28(39,40)41;1-7-13-19-26(20-14-8-2,21-15-9-3)25-27(22-16-10-4,23-17-11-5)24-18-12-6/h1-16H;7-24H2,1-6H3/q-1;+1. The van der Waals surface area contributed by atoms with Gasteiger partial charge in [-0.05, 0) is 38.5 Å². The summed E-state index contributed by atoms with van der Waals surface area (Å²) in [6, 6.07) is 13.6. The minimum atomic E-state index is -4.77. The predicted octanol–water partition coefficient (Wildman–Crippen LogP) is 16.4. The van der Waals surface area contributed by atoms with Gasteiger partial charge in [0.1, 0.15) is 6.15 Å². The summed E-state index contributed by atoms with van der Waals surface area (Å²) < 4.78 is 166. The van der Waals surface area contributed by atoms with Gasteiger partial charge in [-0.25, -0.2) is 0 Å². The Morgan fingerprint density at radius 3 is 0.603 bits per heavy atom. The van der Waals surface area contributed by atoms with Crippen molar-refractivity contribution >= 4 is 42.1 Å². The van der Waals surface area contributed by atoms with Crippen molar-refractivity contribution in [2.24, 2.45) is 0 Å². The van der Waals surface area contributed by atoms with Gasteiger partial charge < -0.3 is 0 Å². The molecule has 4 aromatic rings. The fraction of sp³-hybridized carbons (Fsp3) is 0.538. The van der Waals surface area contributed by atoms with Crippen LogP contribution in [0.4, 0.5) is 52.7 Å². The molecule has 0 N–H and O–H groups in total. The van der Waals surface area contributed by atoms with Gasteiger partial charge in [-0.15, -0.1) is 0 Å². The number of alkyl halides is 12. The molecule has 0 fully saturated rings. The van der Waals surface area contributed by atoms with Crippen LogP contribution in [0.1, 0.15) is 141 Å². The van der Waals surface area contributed by atoms with Crippen LogP contribution < -0.4 is 26.0 Å². The molecule has 4 rings (SSSR count). The highest BCUT2D eigenvalue weighted by Crippen LogP contribution is 2.56. The smallest absolute Gasteiger partial charge is 0.195 e. The fourth-order valence-corrected chi connectivity index (χ4v) is 21.2. The van der Waals surface area contributed by atoms with Crippen LogP contribution in [0, 0.1) is 0 Å². The molecule has 1 nitrogen and oxygen atoms in total. The van der Waals surface area contributed by atoms with Gasteiger partial charge in [0.25, 0.3) is 0 Å². The van der Waals surface area contributed by atoms with Crippen molar-refractivity contribution < 1.29 is 52.7 Å². The maximum atomic E-state index is 13.3. The Morgan fingerprint density at radius 1 is 0.309 bits per heavy atom. The lowest BCUT2D eigenvalue weighted by Crippen LogP contribution is -2.74. The molecule has 0 aliphatic rings. The first kappa shape index (κ1) is 59.0. The minimum absolute atomic E-state index is 0.0114. The summed E-state index contributed by atoms with van der Waals surface area (Å²) in [6.45, 7) is 14.3. The van der Waals surface area contributed by atoms with Gasteiger partial charge in [-0.2, -0.15) is 78.7 Å². The Hall–Kier alpha value is -3.33. The van der Waals surface area contributed by atoms with E-state index in [0.29, 0.717) is 48.5 Å². The summed E-state index contributed by atoms with van der Waals surface area (Å²) in [4.78, 5) is 0. The summed E-state index contributed by atoms with van der Waals surface area (Å²) >= 11 is 0. The van der Waals surface area contributed by atoms with Gasteiger partial charge in [0.15, 0.2) is 0 Å². The largest absolute Gasteiger partial charge is 0.416 e. The molecule has 0 unspecified atom stereocenters. The topological polar surface area (TPSA) is 14.1 Å². The quantitative estimate of drug-likeness (QED) is 0.0322. The number of rotatable bonds is 22. The van der Waals surface area contributed by atoms with E-state index in [9.17, 15) is 52.7 Å². The van der Waals surface area contributed by atoms with Crippen LogP contribution in [0.3, 0.4) is 0 Å². The normalized spacial score (nSPS) is 13.0. The van der Waals surface area contributed by atoms with E-state index in [1.54, 1.807) is 0 Å². The lowest BCUT2D eigenvalue weighted by Gasteiger charge is -2.44. The van der Waals surface area contributed by atoms with Gasteiger partial charge in [-0.1, -0.05) is 177 Å². The average molecular weight is 1010 g/mol. The van der Waals surface area contributed by atoms with Crippen molar-refractivity contribution in [1.29, 1.82) is 0 Å². The van der Waals surface area contributed by atoms with Crippen molar-refractivity contribution in [2.75, 3.05) is 37.0 Å². The lowest BCUT2D eigenvalue weighted by atomic mass is 9.13. The molecule has 16 heteroatoms. The molecular weight excluding hydrogens is 939 g/mol. The van der Waals surface area contributed by atoms with Gasteiger partial charge in [0, 0.05) is 37.0 Å². The molecule has 0 saturated heterocycles. The number of nitrogens with zero attached hydrogens (tertiary/aromatic N) is 1. The zero-order valence-corrected chi connectivity index (χ0v) is 42.2. The van der Waals surface area contributed by atoms with Crippen LogP contribution in [0.2, 0.25) is 0 Å². The third kappa shape index (κ3) is 16.4. The first-order chi connectivity index (χ1) is 31.9. The SMILES string of the molecule is CCCCP(CCCC)(CCCC)=[N+]=P(CCCC)(CCCC)CCCC.FC(F)(F)c1ccc([B-](c2ccc(C(F)(F)F)cc2)(c2ccc(C(F)(F)F)cc2)c2ccc(C(F)(F)F)cc2)cc1. The van der Waals surface area contributed by atoms with Crippen molar-refractivity contribution in [3.8, 4) is 0 Å². The molecule has 0 aliphatic heterocycles. The van der Waals surface area contributed by atoms with Crippen LogP contribution in [-0.2, 0) is 24.7 Å². The molecule has 0 heterocycles. The average Bonchev–Trinajstić information content (AvgIpc) is 3.30. The maximum Gasteiger partial charge on any atom is 0.416 e. The Morgan fingerprint density at radius 2 is 0.471 bits per heavy atom. The number of unbranched alkanes of at least 4 members (excludes halogenated alkanes) is 6. The van der Waals surface area contributed by atoms with Crippen molar-refractivity contribution in [3.05, 3.63) is 119 Å². The Balaban J connectivity index is 0.000000396. The van der Waals surface area contributed by atoms with Crippen molar-refractivity contribution in [3.63, 3.8) is 0 Å². The van der Waals surface area contributed by atoms with E-state index < -0.39 is 67.2 Å². The molecule has 380 valence electrons. The highest BCUT2D eigenvalue weighted by Gasteiger charge is 2.39. The number of halogens is 12. The summed E-state index contributed by atoms with van der Waals surface area (Å²) in [5, 5.41) is 0.